The first-order valence-electron chi connectivity index (χ1n) is 9.37. The molecule has 1 aromatic rings. The summed E-state index contributed by atoms with van der Waals surface area (Å²) in [5.74, 6) is -0.505. The van der Waals surface area contributed by atoms with Gasteiger partial charge in [-0.1, -0.05) is 45.2 Å². The number of carbonyl (C=O) groups is 2. The highest BCUT2D eigenvalue weighted by atomic mass is 16.4. The van der Waals surface area contributed by atoms with E-state index in [-0.39, 0.29) is 29.2 Å². The van der Waals surface area contributed by atoms with Crippen molar-refractivity contribution in [2.24, 2.45) is 5.92 Å². The van der Waals surface area contributed by atoms with Crippen LogP contribution in [0.25, 0.3) is 0 Å². The lowest BCUT2D eigenvalue weighted by atomic mass is 9.80. The normalized spacial score (nSPS) is 16.2. The minimum atomic E-state index is -1.63. The molecule has 1 aliphatic carbocycles. The van der Waals surface area contributed by atoms with Crippen LogP contribution in [-0.4, -0.2) is 41.1 Å². The van der Waals surface area contributed by atoms with Gasteiger partial charge in [-0.25, -0.2) is 0 Å². The van der Waals surface area contributed by atoms with E-state index in [1.165, 1.54) is 24.3 Å². The molecule has 0 heterocycles. The van der Waals surface area contributed by atoms with E-state index in [4.69, 9.17) is 0 Å². The molecule has 0 radical (unpaired) electrons. The zero-order valence-electron chi connectivity index (χ0n) is 15.8. The third kappa shape index (κ3) is 5.08. The molecule has 1 atom stereocenters. The average Bonchev–Trinajstić information content (AvgIpc) is 2.59. The molecule has 26 heavy (non-hydrogen) atoms. The van der Waals surface area contributed by atoms with E-state index < -0.39 is 13.2 Å². The van der Waals surface area contributed by atoms with Crippen LogP contribution >= 0.6 is 0 Å². The van der Waals surface area contributed by atoms with Gasteiger partial charge in [-0.05, 0) is 36.4 Å². The van der Waals surface area contributed by atoms with Gasteiger partial charge in [0.1, 0.15) is 6.04 Å². The van der Waals surface area contributed by atoms with Crippen LogP contribution in [0.4, 0.5) is 5.69 Å². The Kier molecular flexibility index (Phi) is 7.23. The monoisotopic (exact) mass is 360 g/mol. The number of benzene rings is 1. The van der Waals surface area contributed by atoms with E-state index in [9.17, 15) is 19.6 Å². The summed E-state index contributed by atoms with van der Waals surface area (Å²) < 4.78 is 0. The van der Waals surface area contributed by atoms with Crippen molar-refractivity contribution in [2.45, 2.75) is 65.0 Å². The molecule has 2 amide bonds. The number of hydrogen-bond acceptors (Lipinski definition) is 4. The zero-order chi connectivity index (χ0) is 19.3. The number of nitrogens with zero attached hydrogens (tertiary/aromatic N) is 1. The van der Waals surface area contributed by atoms with E-state index in [0.717, 1.165) is 25.7 Å². The smallest absolute Gasteiger partial charge is 0.423 e. The maximum Gasteiger partial charge on any atom is 0.488 e. The molecule has 1 aromatic carbocycles. The Morgan fingerprint density at radius 3 is 2.38 bits per heavy atom. The van der Waals surface area contributed by atoms with Crippen molar-refractivity contribution >= 4 is 30.1 Å². The highest BCUT2D eigenvalue weighted by Crippen LogP contribution is 2.23. The second-order valence-corrected chi connectivity index (χ2v) is 7.39. The van der Waals surface area contributed by atoms with Crippen LogP contribution in [0.1, 0.15) is 52.9 Å². The molecule has 0 aliphatic heterocycles. The fourth-order valence-corrected chi connectivity index (χ4v) is 3.63. The second kappa shape index (κ2) is 9.19. The number of carbonyl (C=O) groups excluding carboxylic acids is 2. The predicted octanol–water partition coefficient (Wildman–Crippen LogP) is 1.19. The van der Waals surface area contributed by atoms with Gasteiger partial charge in [0.05, 0.1) is 0 Å². The summed E-state index contributed by atoms with van der Waals surface area (Å²) in [4.78, 5) is 26.8. The molecule has 142 valence electrons. The van der Waals surface area contributed by atoms with E-state index in [0.29, 0.717) is 5.69 Å². The first-order valence-corrected chi connectivity index (χ1v) is 9.37. The van der Waals surface area contributed by atoms with Crippen LogP contribution in [0.15, 0.2) is 24.3 Å². The van der Waals surface area contributed by atoms with Gasteiger partial charge in [-0.2, -0.15) is 0 Å². The van der Waals surface area contributed by atoms with Crippen molar-refractivity contribution in [2.75, 3.05) is 4.90 Å². The van der Waals surface area contributed by atoms with Gasteiger partial charge in [0, 0.05) is 18.7 Å². The summed E-state index contributed by atoms with van der Waals surface area (Å²) in [6.07, 6.45) is 5.38. The third-order valence-corrected chi connectivity index (χ3v) is 4.92. The standard InChI is InChI=1S/C19H29BN2O4/c1-13(2)18(19(24)21-16-9-5-4-6-10-16)22(14(3)23)17-11-7-8-15(12-17)20(25)26/h7-8,11-13,16,18,25-26H,4-6,9-10H2,1-3H3,(H,21,24)/t18-/m0/s1. The van der Waals surface area contributed by atoms with Gasteiger partial charge in [0.15, 0.2) is 0 Å². The molecule has 2 rings (SSSR count). The topological polar surface area (TPSA) is 89.9 Å². The minimum Gasteiger partial charge on any atom is -0.423 e. The molecule has 0 aromatic heterocycles. The molecule has 0 bridgehead atoms. The fraction of sp³-hybridized carbons (Fsp3) is 0.579. The van der Waals surface area contributed by atoms with Gasteiger partial charge < -0.3 is 15.4 Å². The van der Waals surface area contributed by atoms with E-state index in [1.807, 2.05) is 13.8 Å². The molecule has 1 fully saturated rings. The van der Waals surface area contributed by atoms with Crippen molar-refractivity contribution in [3.8, 4) is 0 Å². The third-order valence-electron chi connectivity index (χ3n) is 4.92. The number of anilines is 1. The van der Waals surface area contributed by atoms with Crippen molar-refractivity contribution in [3.63, 3.8) is 0 Å². The summed E-state index contributed by atoms with van der Waals surface area (Å²) in [7, 11) is -1.63. The maximum absolute atomic E-state index is 13.0. The van der Waals surface area contributed by atoms with E-state index in [1.54, 1.807) is 18.2 Å². The number of amides is 2. The molecule has 0 spiro atoms. The summed E-state index contributed by atoms with van der Waals surface area (Å²) in [6.45, 7) is 5.24. The summed E-state index contributed by atoms with van der Waals surface area (Å²) in [5, 5.41) is 21.9. The predicted molar refractivity (Wildman–Crippen MR) is 103 cm³/mol. The summed E-state index contributed by atoms with van der Waals surface area (Å²) >= 11 is 0. The van der Waals surface area contributed by atoms with Gasteiger partial charge in [0.2, 0.25) is 11.8 Å². The van der Waals surface area contributed by atoms with Gasteiger partial charge in [0.25, 0.3) is 0 Å². The van der Waals surface area contributed by atoms with Gasteiger partial charge in [-0.15, -0.1) is 0 Å². The van der Waals surface area contributed by atoms with Crippen molar-refractivity contribution < 1.29 is 19.6 Å². The van der Waals surface area contributed by atoms with Crippen LogP contribution in [0.3, 0.4) is 0 Å². The molecular weight excluding hydrogens is 331 g/mol. The largest absolute Gasteiger partial charge is 0.488 e. The van der Waals surface area contributed by atoms with Crippen LogP contribution < -0.4 is 15.7 Å². The molecule has 0 saturated heterocycles. The van der Waals surface area contributed by atoms with Crippen LogP contribution in [0, 0.1) is 5.92 Å². The molecular formula is C19H29BN2O4. The maximum atomic E-state index is 13.0. The van der Waals surface area contributed by atoms with Crippen LogP contribution in [0.2, 0.25) is 0 Å². The van der Waals surface area contributed by atoms with Crippen LogP contribution in [0.5, 0.6) is 0 Å². The fourth-order valence-electron chi connectivity index (χ4n) is 3.63. The average molecular weight is 360 g/mol. The lowest BCUT2D eigenvalue weighted by molar-refractivity contribution is -0.127. The molecule has 3 N–H and O–H groups in total. The van der Waals surface area contributed by atoms with Gasteiger partial charge in [-0.3, -0.25) is 14.5 Å². The first-order chi connectivity index (χ1) is 12.3. The Morgan fingerprint density at radius 2 is 1.85 bits per heavy atom. The lowest BCUT2D eigenvalue weighted by Crippen LogP contribution is -2.54. The van der Waals surface area contributed by atoms with E-state index in [2.05, 4.69) is 5.32 Å². The number of rotatable bonds is 6. The molecule has 1 aliphatic rings. The molecule has 1 saturated carbocycles. The minimum absolute atomic E-state index is 0.0924. The van der Waals surface area contributed by atoms with Crippen molar-refractivity contribution in [3.05, 3.63) is 24.3 Å². The highest BCUT2D eigenvalue weighted by Gasteiger charge is 2.33. The second-order valence-electron chi connectivity index (χ2n) is 7.39. The number of hydrogen-bond donors (Lipinski definition) is 3. The van der Waals surface area contributed by atoms with Crippen molar-refractivity contribution in [1.82, 2.24) is 5.32 Å². The number of nitrogens with one attached hydrogen (secondary N) is 1. The zero-order valence-corrected chi connectivity index (χ0v) is 15.8. The van der Waals surface area contributed by atoms with E-state index >= 15 is 0 Å². The Morgan fingerprint density at radius 1 is 1.19 bits per heavy atom. The highest BCUT2D eigenvalue weighted by molar-refractivity contribution is 6.58. The lowest BCUT2D eigenvalue weighted by Gasteiger charge is -2.34. The first kappa shape index (κ1) is 20.5. The Balaban J connectivity index is 2.29. The molecule has 6 nitrogen and oxygen atoms in total. The Bertz CT molecular complexity index is 630. The van der Waals surface area contributed by atoms with Crippen molar-refractivity contribution in [1.29, 1.82) is 0 Å². The molecule has 0 unspecified atom stereocenters. The SMILES string of the molecule is CC(=O)N(c1cccc(B(O)O)c1)[C@H](C(=O)NC1CCCCC1)C(C)C. The van der Waals surface area contributed by atoms with Gasteiger partial charge >= 0.3 is 7.12 Å². The quantitative estimate of drug-likeness (QED) is 0.665. The molecule has 7 heteroatoms. The summed E-state index contributed by atoms with van der Waals surface area (Å²) in [5.41, 5.74) is 0.768. The Labute approximate surface area is 155 Å². The van der Waals surface area contributed by atoms with Crippen LogP contribution in [-0.2, 0) is 9.59 Å². The summed E-state index contributed by atoms with van der Waals surface area (Å²) in [6, 6.07) is 5.97. The Hall–Kier alpha value is -1.86.